The molecular weight excluding hydrogens is 434 g/mol. The number of hydrogen-bond acceptors (Lipinski definition) is 6. The number of benzene rings is 3. The lowest BCUT2D eigenvalue weighted by Crippen LogP contribution is -2.62. The van der Waals surface area contributed by atoms with E-state index in [4.69, 9.17) is 4.74 Å². The third kappa shape index (κ3) is 2.35. The van der Waals surface area contributed by atoms with Gasteiger partial charge in [0, 0.05) is 35.8 Å². The second-order valence-corrected chi connectivity index (χ2v) is 9.08. The number of hydrogen-bond donors (Lipinski definition) is 1. The number of carbonyl (C=O) groups is 2. The van der Waals surface area contributed by atoms with Crippen LogP contribution >= 0.6 is 0 Å². The topological polar surface area (TPSA) is 102 Å². The second kappa shape index (κ2) is 6.98. The van der Waals surface area contributed by atoms with Crippen LogP contribution < -0.4 is 10.1 Å². The molecule has 0 radical (unpaired) electrons. The van der Waals surface area contributed by atoms with Crippen LogP contribution in [-0.4, -0.2) is 41.7 Å². The van der Waals surface area contributed by atoms with Gasteiger partial charge in [0.05, 0.1) is 10.5 Å². The van der Waals surface area contributed by atoms with Gasteiger partial charge >= 0.3 is 0 Å². The molecule has 2 spiro atoms. The third-order valence-corrected chi connectivity index (χ3v) is 7.64. The fourth-order valence-corrected chi connectivity index (χ4v) is 6.27. The molecule has 3 aliphatic heterocycles. The van der Waals surface area contributed by atoms with Gasteiger partial charge < -0.3 is 10.1 Å². The highest BCUT2D eigenvalue weighted by Gasteiger charge is 2.75. The summed E-state index contributed by atoms with van der Waals surface area (Å²) in [6.45, 7) is 0.322. The van der Waals surface area contributed by atoms with Crippen LogP contribution in [0.1, 0.15) is 27.4 Å². The molecule has 170 valence electrons. The summed E-state index contributed by atoms with van der Waals surface area (Å²) in [4.78, 5) is 41.4. The second-order valence-electron chi connectivity index (χ2n) is 9.08. The van der Waals surface area contributed by atoms with E-state index in [-0.39, 0.29) is 24.0 Å². The average molecular weight is 455 g/mol. The first-order valence-corrected chi connectivity index (χ1v) is 11.0. The SMILES string of the molecule is CN1C[C@H](c2cccc([N+](=O)[O-])c2)[C@@]2(COc3ccccc3C2=O)[C@@]12C(=O)Nc1ccccc12. The normalized spacial score (nSPS) is 27.4. The summed E-state index contributed by atoms with van der Waals surface area (Å²) in [7, 11) is 1.83. The van der Waals surface area contributed by atoms with Crippen LogP contribution in [0.2, 0.25) is 0 Å². The van der Waals surface area contributed by atoms with Crippen LogP contribution in [0.4, 0.5) is 11.4 Å². The van der Waals surface area contributed by atoms with Crippen molar-refractivity contribution in [3.63, 3.8) is 0 Å². The van der Waals surface area contributed by atoms with E-state index < -0.39 is 21.8 Å². The maximum atomic E-state index is 14.5. The summed E-state index contributed by atoms with van der Waals surface area (Å²) in [5, 5.41) is 14.5. The van der Waals surface area contributed by atoms with Crippen molar-refractivity contribution in [1.82, 2.24) is 4.90 Å². The first-order chi connectivity index (χ1) is 16.4. The zero-order valence-electron chi connectivity index (χ0n) is 18.4. The summed E-state index contributed by atoms with van der Waals surface area (Å²) < 4.78 is 6.20. The molecule has 1 saturated heterocycles. The van der Waals surface area contributed by atoms with Gasteiger partial charge in [-0.15, -0.1) is 0 Å². The smallest absolute Gasteiger partial charge is 0.269 e. The minimum atomic E-state index is -1.33. The lowest BCUT2D eigenvalue weighted by molar-refractivity contribution is -0.384. The number of nitrogens with one attached hydrogen (secondary N) is 1. The number of likely N-dealkylation sites (tertiary alicyclic amines) is 1. The molecule has 3 aromatic carbocycles. The number of rotatable bonds is 2. The largest absolute Gasteiger partial charge is 0.492 e. The third-order valence-electron chi connectivity index (χ3n) is 7.64. The molecule has 1 amide bonds. The maximum absolute atomic E-state index is 14.5. The van der Waals surface area contributed by atoms with E-state index in [1.807, 2.05) is 36.2 Å². The molecule has 34 heavy (non-hydrogen) atoms. The Labute approximate surface area is 195 Å². The van der Waals surface area contributed by atoms with Gasteiger partial charge in [0.2, 0.25) is 0 Å². The number of non-ortho nitro benzene ring substituents is 1. The molecule has 0 unspecified atom stereocenters. The molecule has 8 heteroatoms. The van der Waals surface area contributed by atoms with Gasteiger partial charge in [0.25, 0.3) is 11.6 Å². The Bertz CT molecular complexity index is 1390. The molecule has 3 aromatic rings. The van der Waals surface area contributed by atoms with Gasteiger partial charge in [-0.2, -0.15) is 0 Å². The minimum Gasteiger partial charge on any atom is -0.492 e. The quantitative estimate of drug-likeness (QED) is 0.467. The van der Waals surface area contributed by atoms with Crippen LogP contribution in [0.15, 0.2) is 72.8 Å². The molecule has 3 heterocycles. The first-order valence-electron chi connectivity index (χ1n) is 11.0. The number of para-hydroxylation sites is 2. The number of anilines is 1. The number of nitrogens with zero attached hydrogens (tertiary/aromatic N) is 2. The first kappa shape index (κ1) is 20.6. The van der Waals surface area contributed by atoms with Crippen molar-refractivity contribution in [1.29, 1.82) is 0 Å². The van der Waals surface area contributed by atoms with Crippen molar-refractivity contribution in [2.45, 2.75) is 11.5 Å². The summed E-state index contributed by atoms with van der Waals surface area (Å²) in [5.41, 5.74) is -0.303. The maximum Gasteiger partial charge on any atom is 0.269 e. The Kier molecular flexibility index (Phi) is 4.22. The highest BCUT2D eigenvalue weighted by molar-refractivity contribution is 6.15. The van der Waals surface area contributed by atoms with E-state index >= 15 is 0 Å². The fraction of sp³-hybridized carbons (Fsp3) is 0.231. The van der Waals surface area contributed by atoms with E-state index in [0.29, 0.717) is 34.7 Å². The Morgan fingerprint density at radius 2 is 1.82 bits per heavy atom. The number of likely N-dealkylation sites (N-methyl/N-ethyl adjacent to an activating group) is 1. The molecule has 3 aliphatic rings. The number of Topliss-reactive ketones (excluding diaryl/α,β-unsaturated/α-hetero) is 1. The molecule has 0 aromatic heterocycles. The van der Waals surface area contributed by atoms with E-state index in [1.165, 1.54) is 12.1 Å². The van der Waals surface area contributed by atoms with Crippen LogP contribution in [-0.2, 0) is 10.3 Å². The Hall–Kier alpha value is -4.04. The monoisotopic (exact) mass is 455 g/mol. The molecule has 0 saturated carbocycles. The highest BCUT2D eigenvalue weighted by atomic mass is 16.6. The number of ketones is 1. The lowest BCUT2D eigenvalue weighted by Gasteiger charge is -2.47. The zero-order chi connectivity index (χ0) is 23.7. The van der Waals surface area contributed by atoms with Crippen LogP contribution in [0, 0.1) is 15.5 Å². The summed E-state index contributed by atoms with van der Waals surface area (Å²) in [5.74, 6) is -0.523. The molecule has 1 N–H and O–H groups in total. The minimum absolute atomic E-state index is 0.0255. The Morgan fingerprint density at radius 1 is 1.06 bits per heavy atom. The fourth-order valence-electron chi connectivity index (χ4n) is 6.27. The summed E-state index contributed by atoms with van der Waals surface area (Å²) in [6.07, 6.45) is 0. The number of nitro groups is 1. The standard InChI is InChI=1S/C26H21N3O5/c1-28-14-20(16-7-6-8-17(13-16)29(32)33)25(15-34-22-12-5-2-9-18(22)23(25)30)26(28)19-10-3-4-11-21(19)27-24(26)31/h2-13,20H,14-15H2,1H3,(H,27,31)/t20-,25-,26-/m1/s1. The number of nitro benzene ring substituents is 1. The van der Waals surface area contributed by atoms with E-state index in [9.17, 15) is 19.7 Å². The number of amides is 1. The van der Waals surface area contributed by atoms with Crippen molar-refractivity contribution in [3.05, 3.63) is 99.6 Å². The predicted octanol–water partition coefficient (Wildman–Crippen LogP) is 3.73. The van der Waals surface area contributed by atoms with Gasteiger partial charge in [0.1, 0.15) is 23.3 Å². The van der Waals surface area contributed by atoms with Crippen molar-refractivity contribution < 1.29 is 19.2 Å². The predicted molar refractivity (Wildman–Crippen MR) is 124 cm³/mol. The van der Waals surface area contributed by atoms with Crippen LogP contribution in [0.5, 0.6) is 5.75 Å². The van der Waals surface area contributed by atoms with Gasteiger partial charge in [-0.3, -0.25) is 24.6 Å². The number of carbonyl (C=O) groups excluding carboxylic acids is 2. The van der Waals surface area contributed by atoms with Crippen molar-refractivity contribution in [2.24, 2.45) is 5.41 Å². The van der Waals surface area contributed by atoms with Gasteiger partial charge in [-0.25, -0.2) is 0 Å². The van der Waals surface area contributed by atoms with Gasteiger partial charge in [0.15, 0.2) is 5.78 Å². The lowest BCUT2D eigenvalue weighted by atomic mass is 9.57. The molecule has 8 nitrogen and oxygen atoms in total. The zero-order valence-corrected chi connectivity index (χ0v) is 18.4. The molecular formula is C26H21N3O5. The van der Waals surface area contributed by atoms with Crippen LogP contribution in [0.25, 0.3) is 0 Å². The van der Waals surface area contributed by atoms with Crippen molar-refractivity contribution in [2.75, 3.05) is 25.5 Å². The number of fused-ring (bicyclic) bond motifs is 4. The van der Waals surface area contributed by atoms with Gasteiger partial charge in [-0.05, 0) is 30.8 Å². The van der Waals surface area contributed by atoms with Crippen molar-refractivity contribution in [3.8, 4) is 5.75 Å². The van der Waals surface area contributed by atoms with Crippen molar-refractivity contribution >= 4 is 23.1 Å². The van der Waals surface area contributed by atoms with E-state index in [2.05, 4.69) is 5.32 Å². The average Bonchev–Trinajstić information content (AvgIpc) is 3.30. The molecule has 6 rings (SSSR count). The Balaban J connectivity index is 1.66. The van der Waals surface area contributed by atoms with Crippen LogP contribution in [0.3, 0.4) is 0 Å². The van der Waals surface area contributed by atoms with E-state index in [0.717, 1.165) is 0 Å². The molecule has 1 fully saturated rings. The van der Waals surface area contributed by atoms with E-state index in [1.54, 1.807) is 36.4 Å². The molecule has 0 aliphatic carbocycles. The molecule has 3 atom stereocenters. The summed E-state index contributed by atoms with van der Waals surface area (Å²) >= 11 is 0. The highest BCUT2D eigenvalue weighted by Crippen LogP contribution is 2.64. The molecule has 0 bridgehead atoms. The van der Waals surface area contributed by atoms with Gasteiger partial charge in [-0.1, -0.05) is 42.5 Å². The Morgan fingerprint density at radius 3 is 2.65 bits per heavy atom. The number of ether oxygens (including phenoxy) is 1. The summed E-state index contributed by atoms with van der Waals surface area (Å²) in [6, 6.07) is 20.8.